The molecule has 2 bridgehead atoms. The number of piperazine rings is 1. The molecule has 2 saturated heterocycles. The van der Waals surface area contributed by atoms with E-state index in [1.54, 1.807) is 17.3 Å². The van der Waals surface area contributed by atoms with Crippen LogP contribution in [0.2, 0.25) is 0 Å². The Kier molecular flexibility index (Phi) is 6.64. The molecule has 0 spiro atoms. The quantitative estimate of drug-likeness (QED) is 0.497. The van der Waals surface area contributed by atoms with Crippen molar-refractivity contribution < 1.29 is 39.9 Å². The first-order chi connectivity index (χ1) is 17.6. The van der Waals surface area contributed by atoms with Gasteiger partial charge in [-0.25, -0.2) is 8.42 Å². The normalized spacial score (nSPS) is 23.7. The Balaban J connectivity index is 1.30. The molecule has 2 heterocycles. The Morgan fingerprint density at radius 2 is 1.42 bits per heavy atom. The summed E-state index contributed by atoms with van der Waals surface area (Å²) < 4.78 is 106. The van der Waals surface area contributed by atoms with Gasteiger partial charge in [-0.05, 0) is 54.9 Å². The zero-order chi connectivity index (χ0) is 27.7. The number of halogens is 6. The smallest absolute Gasteiger partial charge is 0.369 e. The van der Waals surface area contributed by atoms with Crippen LogP contribution < -0.4 is 0 Å². The van der Waals surface area contributed by atoms with E-state index in [1.807, 2.05) is 12.1 Å². The van der Waals surface area contributed by atoms with Gasteiger partial charge in [0.15, 0.2) is 0 Å². The topological polar surface area (TPSA) is 60.9 Å². The molecule has 3 aliphatic rings. The fourth-order valence-electron chi connectivity index (χ4n) is 5.82. The van der Waals surface area contributed by atoms with Gasteiger partial charge in [0.05, 0.1) is 5.25 Å². The lowest BCUT2D eigenvalue weighted by molar-refractivity contribution is -0.376. The molecule has 12 heteroatoms. The van der Waals surface area contributed by atoms with Crippen molar-refractivity contribution in [2.45, 2.75) is 74.4 Å². The molecule has 2 atom stereocenters. The van der Waals surface area contributed by atoms with Crippen LogP contribution in [0.15, 0.2) is 42.5 Å². The van der Waals surface area contributed by atoms with E-state index >= 15 is 0 Å². The molecule has 1 aliphatic carbocycles. The van der Waals surface area contributed by atoms with Crippen molar-refractivity contribution in [3.8, 4) is 11.1 Å². The molecule has 5 nitrogen and oxygen atoms in total. The van der Waals surface area contributed by atoms with Gasteiger partial charge in [-0.1, -0.05) is 42.5 Å². The summed E-state index contributed by atoms with van der Waals surface area (Å²) in [5, 5.41) is 9.38. The van der Waals surface area contributed by atoms with Gasteiger partial charge in [-0.15, -0.1) is 0 Å². The standard InChI is InChI=1S/C26H28F6N2O3S/c1-16-12-17(13-33-14-20-7-8-21(15-33)34(20)38(36,37)22-9-10-22)2-11-23(16)18-3-5-19(6-4-18)24(35,25(27,28)29)26(30,31)32/h2-6,11-12,20-22,35H,7-10,13-15H2,1H3. The molecule has 208 valence electrons. The van der Waals surface area contributed by atoms with Crippen LogP contribution in [-0.4, -0.2) is 65.5 Å². The summed E-state index contributed by atoms with van der Waals surface area (Å²) in [6.07, 6.45) is -8.70. The minimum atomic E-state index is -5.93. The number of aliphatic hydroxyl groups is 1. The van der Waals surface area contributed by atoms with Gasteiger partial charge in [0.25, 0.3) is 5.60 Å². The Bertz CT molecular complexity index is 1280. The molecule has 0 aromatic heterocycles. The predicted octanol–water partition coefficient (Wildman–Crippen LogP) is 5.12. The molecule has 1 saturated carbocycles. The highest BCUT2D eigenvalue weighted by Crippen LogP contribution is 2.50. The largest absolute Gasteiger partial charge is 0.430 e. The van der Waals surface area contributed by atoms with Crippen molar-refractivity contribution in [1.29, 1.82) is 0 Å². The molecule has 1 N–H and O–H groups in total. The van der Waals surface area contributed by atoms with E-state index in [0.29, 0.717) is 42.9 Å². The summed E-state index contributed by atoms with van der Waals surface area (Å²) in [5.41, 5.74) is -3.43. The zero-order valence-corrected chi connectivity index (χ0v) is 21.4. The third kappa shape index (κ3) is 4.63. The fraction of sp³-hybridized carbons (Fsp3) is 0.538. The SMILES string of the molecule is Cc1cc(CN2CC3CCC(C2)N3S(=O)(=O)C2CC2)ccc1-c1ccc(C(O)(C(F)(F)F)C(F)(F)F)cc1. The van der Waals surface area contributed by atoms with Crippen LogP contribution in [0.4, 0.5) is 26.3 Å². The lowest BCUT2D eigenvalue weighted by Crippen LogP contribution is -2.56. The van der Waals surface area contributed by atoms with Crippen molar-refractivity contribution in [3.05, 3.63) is 59.2 Å². The number of nitrogens with zero attached hydrogens (tertiary/aromatic N) is 2. The van der Waals surface area contributed by atoms with Crippen molar-refractivity contribution in [2.75, 3.05) is 13.1 Å². The highest BCUT2D eigenvalue weighted by Gasteiger charge is 2.71. The van der Waals surface area contributed by atoms with E-state index in [2.05, 4.69) is 4.90 Å². The van der Waals surface area contributed by atoms with Gasteiger partial charge in [-0.3, -0.25) is 4.90 Å². The number of alkyl halides is 6. The van der Waals surface area contributed by atoms with Crippen LogP contribution in [0.3, 0.4) is 0 Å². The lowest BCUT2D eigenvalue weighted by atomic mass is 9.90. The van der Waals surface area contributed by atoms with Gasteiger partial charge in [-0.2, -0.15) is 30.6 Å². The van der Waals surface area contributed by atoms with Crippen molar-refractivity contribution in [2.24, 2.45) is 0 Å². The van der Waals surface area contributed by atoms with Crippen LogP contribution >= 0.6 is 0 Å². The van der Waals surface area contributed by atoms with E-state index in [9.17, 15) is 39.9 Å². The van der Waals surface area contributed by atoms with Crippen LogP contribution in [-0.2, 0) is 22.2 Å². The number of fused-ring (bicyclic) bond motifs is 2. The van der Waals surface area contributed by atoms with E-state index in [0.717, 1.165) is 48.9 Å². The summed E-state index contributed by atoms with van der Waals surface area (Å²) in [7, 11) is -3.23. The second kappa shape index (κ2) is 9.21. The highest BCUT2D eigenvalue weighted by atomic mass is 32.2. The van der Waals surface area contributed by atoms with Gasteiger partial charge in [0.2, 0.25) is 10.0 Å². The molecule has 2 aliphatic heterocycles. The summed E-state index contributed by atoms with van der Waals surface area (Å²) in [6.45, 7) is 3.70. The second-order valence-electron chi connectivity index (χ2n) is 10.6. The molecule has 2 unspecified atom stereocenters. The van der Waals surface area contributed by atoms with E-state index < -0.39 is 33.5 Å². The third-order valence-electron chi connectivity index (χ3n) is 7.86. The maximum Gasteiger partial charge on any atom is 0.430 e. The zero-order valence-electron chi connectivity index (χ0n) is 20.6. The number of rotatable bonds is 6. The first-order valence-electron chi connectivity index (χ1n) is 12.4. The Morgan fingerprint density at radius 1 is 0.868 bits per heavy atom. The number of aryl methyl sites for hydroxylation is 1. The van der Waals surface area contributed by atoms with Gasteiger partial charge < -0.3 is 5.11 Å². The van der Waals surface area contributed by atoms with Crippen LogP contribution in [0.25, 0.3) is 11.1 Å². The van der Waals surface area contributed by atoms with Gasteiger partial charge >= 0.3 is 12.4 Å². The molecule has 0 radical (unpaired) electrons. The molecule has 38 heavy (non-hydrogen) atoms. The number of hydrogen-bond donors (Lipinski definition) is 1. The average molecular weight is 563 g/mol. The van der Waals surface area contributed by atoms with E-state index in [-0.39, 0.29) is 17.3 Å². The highest BCUT2D eigenvalue weighted by molar-refractivity contribution is 7.90. The lowest BCUT2D eigenvalue weighted by Gasteiger charge is -2.40. The monoisotopic (exact) mass is 562 g/mol. The molecular formula is C26H28F6N2O3S. The van der Waals surface area contributed by atoms with Crippen LogP contribution in [0, 0.1) is 6.92 Å². The minimum absolute atomic E-state index is 0.0229. The average Bonchev–Trinajstić information content (AvgIpc) is 3.63. The molecular weight excluding hydrogens is 534 g/mol. The van der Waals surface area contributed by atoms with E-state index in [4.69, 9.17) is 0 Å². The van der Waals surface area contributed by atoms with Gasteiger partial charge in [0, 0.05) is 37.3 Å². The van der Waals surface area contributed by atoms with Crippen molar-refractivity contribution in [1.82, 2.24) is 9.21 Å². The molecule has 0 amide bonds. The van der Waals surface area contributed by atoms with Gasteiger partial charge in [0.1, 0.15) is 0 Å². The summed E-state index contributed by atoms with van der Waals surface area (Å²) in [5.74, 6) is 0. The molecule has 5 rings (SSSR count). The number of sulfonamides is 1. The van der Waals surface area contributed by atoms with Crippen LogP contribution in [0.5, 0.6) is 0 Å². The first kappa shape index (κ1) is 27.4. The van der Waals surface area contributed by atoms with Crippen molar-refractivity contribution in [3.63, 3.8) is 0 Å². The first-order valence-corrected chi connectivity index (χ1v) is 13.9. The maximum atomic E-state index is 13.2. The Labute approximate surface area is 217 Å². The molecule has 2 aromatic carbocycles. The third-order valence-corrected chi connectivity index (χ3v) is 10.4. The van der Waals surface area contributed by atoms with E-state index in [1.165, 1.54) is 0 Å². The van der Waals surface area contributed by atoms with Crippen LogP contribution in [0.1, 0.15) is 42.4 Å². The van der Waals surface area contributed by atoms with Crippen molar-refractivity contribution >= 4 is 10.0 Å². The summed E-state index contributed by atoms with van der Waals surface area (Å²) in [4.78, 5) is 2.24. The number of benzene rings is 2. The molecule has 2 aromatic rings. The second-order valence-corrected chi connectivity index (χ2v) is 12.7. The molecule has 3 fully saturated rings. The Morgan fingerprint density at radius 3 is 1.89 bits per heavy atom. The summed E-state index contributed by atoms with van der Waals surface area (Å²) in [6, 6.07) is 9.06. The minimum Gasteiger partial charge on any atom is -0.369 e. The summed E-state index contributed by atoms with van der Waals surface area (Å²) >= 11 is 0. The Hall–Kier alpha value is -2.15. The number of hydrogen-bond acceptors (Lipinski definition) is 4. The maximum absolute atomic E-state index is 13.2. The number of likely N-dealkylation sites (tertiary alicyclic amines) is 1. The fourth-order valence-corrected chi connectivity index (χ4v) is 8.07. The predicted molar refractivity (Wildman–Crippen MR) is 128 cm³/mol.